The van der Waals surface area contributed by atoms with Gasteiger partial charge in [0.1, 0.15) is 11.6 Å². The standard InChI is InChI=1S/C11H9BrClFN2/c12-9(6-11-15-3-4-16-11)8-2-1-7(13)5-10(8)14/h1-5,9H,6H2,(H,15,16). The average Bonchev–Trinajstić information content (AvgIpc) is 2.70. The van der Waals surface area contributed by atoms with Crippen LogP contribution in [-0.2, 0) is 6.42 Å². The molecule has 2 rings (SSSR count). The van der Waals surface area contributed by atoms with Crippen molar-refractivity contribution < 1.29 is 4.39 Å². The van der Waals surface area contributed by atoms with Crippen molar-refractivity contribution in [2.24, 2.45) is 0 Å². The summed E-state index contributed by atoms with van der Waals surface area (Å²) < 4.78 is 13.6. The Morgan fingerprint density at radius 1 is 1.50 bits per heavy atom. The van der Waals surface area contributed by atoms with E-state index >= 15 is 0 Å². The molecule has 0 fully saturated rings. The van der Waals surface area contributed by atoms with Crippen molar-refractivity contribution in [2.45, 2.75) is 11.2 Å². The van der Waals surface area contributed by atoms with Crippen LogP contribution in [0.2, 0.25) is 5.02 Å². The molecule has 0 radical (unpaired) electrons. The Morgan fingerprint density at radius 2 is 2.31 bits per heavy atom. The van der Waals surface area contributed by atoms with Gasteiger partial charge in [-0.3, -0.25) is 0 Å². The number of benzene rings is 1. The van der Waals surface area contributed by atoms with E-state index in [1.165, 1.54) is 6.07 Å². The van der Waals surface area contributed by atoms with Gasteiger partial charge in [-0.15, -0.1) is 0 Å². The summed E-state index contributed by atoms with van der Waals surface area (Å²) in [6.07, 6.45) is 4.02. The van der Waals surface area contributed by atoms with Gasteiger partial charge < -0.3 is 4.98 Å². The van der Waals surface area contributed by atoms with Crippen LogP contribution in [0.15, 0.2) is 30.6 Å². The molecule has 2 aromatic rings. The number of rotatable bonds is 3. The zero-order chi connectivity index (χ0) is 11.5. The van der Waals surface area contributed by atoms with Gasteiger partial charge in [-0.25, -0.2) is 9.37 Å². The normalized spacial score (nSPS) is 12.7. The Bertz CT molecular complexity index is 473. The topological polar surface area (TPSA) is 28.7 Å². The maximum absolute atomic E-state index is 13.6. The maximum atomic E-state index is 13.6. The third kappa shape index (κ3) is 2.62. The third-order valence-corrected chi connectivity index (χ3v) is 3.28. The van der Waals surface area contributed by atoms with Crippen molar-refractivity contribution in [1.82, 2.24) is 9.97 Å². The minimum absolute atomic E-state index is 0.115. The van der Waals surface area contributed by atoms with Crippen molar-refractivity contribution in [3.8, 4) is 0 Å². The molecule has 16 heavy (non-hydrogen) atoms. The van der Waals surface area contributed by atoms with E-state index in [0.29, 0.717) is 17.0 Å². The second-order valence-electron chi connectivity index (χ2n) is 3.37. The Balaban J connectivity index is 2.17. The number of hydrogen-bond donors (Lipinski definition) is 1. The molecular formula is C11H9BrClFN2. The third-order valence-electron chi connectivity index (χ3n) is 2.23. The molecule has 0 saturated carbocycles. The van der Waals surface area contributed by atoms with Crippen LogP contribution in [0.3, 0.4) is 0 Å². The van der Waals surface area contributed by atoms with Gasteiger partial charge in [0.2, 0.25) is 0 Å². The lowest BCUT2D eigenvalue weighted by molar-refractivity contribution is 0.607. The summed E-state index contributed by atoms with van der Waals surface area (Å²) in [5.74, 6) is 0.511. The molecule has 1 atom stereocenters. The van der Waals surface area contributed by atoms with Crippen LogP contribution in [0.5, 0.6) is 0 Å². The molecule has 2 nitrogen and oxygen atoms in total. The summed E-state index contributed by atoms with van der Waals surface area (Å²) in [6.45, 7) is 0. The van der Waals surface area contributed by atoms with Crippen LogP contribution in [0.1, 0.15) is 16.2 Å². The molecule has 0 bridgehead atoms. The molecule has 1 N–H and O–H groups in total. The molecule has 0 amide bonds. The lowest BCUT2D eigenvalue weighted by Gasteiger charge is -2.09. The van der Waals surface area contributed by atoms with Crippen LogP contribution in [0.4, 0.5) is 4.39 Å². The second-order valence-corrected chi connectivity index (χ2v) is 4.92. The number of H-pyrrole nitrogens is 1. The van der Waals surface area contributed by atoms with Crippen molar-refractivity contribution >= 4 is 27.5 Å². The van der Waals surface area contributed by atoms with E-state index in [2.05, 4.69) is 25.9 Å². The predicted molar refractivity (Wildman–Crippen MR) is 65.4 cm³/mol. The molecule has 1 aromatic carbocycles. The van der Waals surface area contributed by atoms with Gasteiger partial charge in [0.25, 0.3) is 0 Å². The molecule has 84 valence electrons. The van der Waals surface area contributed by atoms with Crippen LogP contribution < -0.4 is 0 Å². The molecule has 0 saturated heterocycles. The van der Waals surface area contributed by atoms with Gasteiger partial charge in [-0.05, 0) is 12.1 Å². The molecule has 5 heteroatoms. The number of nitrogens with one attached hydrogen (secondary N) is 1. The Labute approximate surface area is 106 Å². The smallest absolute Gasteiger partial charge is 0.129 e. The van der Waals surface area contributed by atoms with Gasteiger partial charge in [0.15, 0.2) is 0 Å². The fourth-order valence-corrected chi connectivity index (χ4v) is 2.28. The highest BCUT2D eigenvalue weighted by molar-refractivity contribution is 9.09. The lowest BCUT2D eigenvalue weighted by atomic mass is 10.1. The van der Waals surface area contributed by atoms with E-state index in [1.807, 2.05) is 0 Å². The minimum Gasteiger partial charge on any atom is -0.349 e. The first-order chi connectivity index (χ1) is 7.66. The highest BCUT2D eigenvalue weighted by Gasteiger charge is 2.14. The van der Waals surface area contributed by atoms with Crippen molar-refractivity contribution in [1.29, 1.82) is 0 Å². The van der Waals surface area contributed by atoms with Crippen LogP contribution in [0, 0.1) is 5.82 Å². The molecule has 0 aliphatic heterocycles. The molecule has 0 aliphatic carbocycles. The number of nitrogens with zero attached hydrogens (tertiary/aromatic N) is 1. The maximum Gasteiger partial charge on any atom is 0.129 e. The number of halogens is 3. The van der Waals surface area contributed by atoms with Crippen LogP contribution in [-0.4, -0.2) is 9.97 Å². The number of aromatic nitrogens is 2. The summed E-state index contributed by atoms with van der Waals surface area (Å²) in [5, 5.41) is 0.402. The Kier molecular flexibility index (Phi) is 3.61. The summed E-state index contributed by atoms with van der Waals surface area (Å²) >= 11 is 9.13. The Hall–Kier alpha value is -0.870. The largest absolute Gasteiger partial charge is 0.349 e. The van der Waals surface area contributed by atoms with Crippen molar-refractivity contribution in [2.75, 3.05) is 0 Å². The van der Waals surface area contributed by atoms with E-state index in [-0.39, 0.29) is 10.6 Å². The first kappa shape index (κ1) is 11.6. The summed E-state index contributed by atoms with van der Waals surface area (Å²) in [5.41, 5.74) is 0.584. The monoisotopic (exact) mass is 302 g/mol. The molecular weight excluding hydrogens is 294 g/mol. The lowest BCUT2D eigenvalue weighted by Crippen LogP contribution is -2.00. The summed E-state index contributed by atoms with van der Waals surface area (Å²) in [7, 11) is 0. The number of imidazole rings is 1. The number of alkyl halides is 1. The second kappa shape index (κ2) is 4.97. The highest BCUT2D eigenvalue weighted by atomic mass is 79.9. The van der Waals surface area contributed by atoms with Crippen LogP contribution in [0.25, 0.3) is 0 Å². The van der Waals surface area contributed by atoms with Gasteiger partial charge in [-0.2, -0.15) is 0 Å². The van der Waals surface area contributed by atoms with Gasteiger partial charge in [-0.1, -0.05) is 33.6 Å². The van der Waals surface area contributed by atoms with Gasteiger partial charge in [0.05, 0.1) is 0 Å². The number of hydrogen-bond acceptors (Lipinski definition) is 1. The zero-order valence-electron chi connectivity index (χ0n) is 8.25. The molecule has 0 aliphatic rings. The molecule has 0 spiro atoms. The summed E-state index contributed by atoms with van der Waals surface area (Å²) in [6, 6.07) is 4.67. The predicted octanol–water partition coefficient (Wildman–Crippen LogP) is 3.88. The molecule has 1 heterocycles. The van der Waals surface area contributed by atoms with Crippen molar-refractivity contribution in [3.05, 3.63) is 52.8 Å². The van der Waals surface area contributed by atoms with Crippen LogP contribution >= 0.6 is 27.5 Å². The van der Waals surface area contributed by atoms with E-state index in [0.717, 1.165) is 5.82 Å². The zero-order valence-corrected chi connectivity index (χ0v) is 10.6. The van der Waals surface area contributed by atoms with E-state index < -0.39 is 0 Å². The fourth-order valence-electron chi connectivity index (χ4n) is 1.44. The first-order valence-corrected chi connectivity index (χ1v) is 6.03. The molecule has 1 aromatic heterocycles. The number of aromatic amines is 1. The van der Waals surface area contributed by atoms with E-state index in [4.69, 9.17) is 11.6 Å². The van der Waals surface area contributed by atoms with Gasteiger partial charge in [0, 0.05) is 34.2 Å². The SMILES string of the molecule is Fc1cc(Cl)ccc1C(Br)Cc1ncc[nH]1. The molecule has 1 unspecified atom stereocenters. The Morgan fingerprint density at radius 3 is 2.94 bits per heavy atom. The van der Waals surface area contributed by atoms with Crippen molar-refractivity contribution in [3.63, 3.8) is 0 Å². The quantitative estimate of drug-likeness (QED) is 0.857. The van der Waals surface area contributed by atoms with E-state index in [9.17, 15) is 4.39 Å². The van der Waals surface area contributed by atoms with E-state index in [1.54, 1.807) is 24.5 Å². The minimum atomic E-state index is -0.305. The van der Waals surface area contributed by atoms with Gasteiger partial charge >= 0.3 is 0 Å². The average molecular weight is 304 g/mol. The highest BCUT2D eigenvalue weighted by Crippen LogP contribution is 2.29. The first-order valence-electron chi connectivity index (χ1n) is 4.74. The fraction of sp³-hybridized carbons (Fsp3) is 0.182. The summed E-state index contributed by atoms with van der Waals surface area (Å²) in [4.78, 5) is 6.96.